The zero-order valence-corrected chi connectivity index (χ0v) is 11.3. The molecule has 0 N–H and O–H groups in total. The van der Waals surface area contributed by atoms with Crippen LogP contribution in [-0.4, -0.2) is 24.5 Å². The van der Waals surface area contributed by atoms with Gasteiger partial charge in [-0.15, -0.1) is 0 Å². The largest absolute Gasteiger partial charge is 0.292 e. The molecular formula is C15H22N2. The molecule has 17 heavy (non-hydrogen) atoms. The van der Waals surface area contributed by atoms with Crippen molar-refractivity contribution in [3.8, 4) is 6.07 Å². The second-order valence-electron chi connectivity index (χ2n) is 4.95. The van der Waals surface area contributed by atoms with Crippen LogP contribution in [0.2, 0.25) is 0 Å². The third-order valence-corrected chi connectivity index (χ3v) is 3.56. The molecular weight excluding hydrogens is 208 g/mol. The van der Waals surface area contributed by atoms with Crippen LogP contribution in [0.1, 0.15) is 31.4 Å². The van der Waals surface area contributed by atoms with Crippen molar-refractivity contribution < 1.29 is 0 Å². The van der Waals surface area contributed by atoms with Gasteiger partial charge in [-0.3, -0.25) is 4.90 Å². The molecule has 1 aromatic rings. The Hall–Kier alpha value is -1.33. The molecule has 0 fully saturated rings. The summed E-state index contributed by atoms with van der Waals surface area (Å²) in [5.41, 5.74) is 2.30. The molecule has 0 saturated carbocycles. The topological polar surface area (TPSA) is 27.0 Å². The van der Waals surface area contributed by atoms with Gasteiger partial charge in [-0.05, 0) is 51.4 Å². The van der Waals surface area contributed by atoms with Gasteiger partial charge < -0.3 is 0 Å². The maximum absolute atomic E-state index is 9.22. The smallest absolute Gasteiger partial charge is 0.106 e. The molecule has 0 aromatic heterocycles. The van der Waals surface area contributed by atoms with Crippen LogP contribution in [0.5, 0.6) is 0 Å². The Morgan fingerprint density at radius 1 is 1.18 bits per heavy atom. The van der Waals surface area contributed by atoms with Crippen LogP contribution >= 0.6 is 0 Å². The molecule has 1 aromatic carbocycles. The third-order valence-electron chi connectivity index (χ3n) is 3.56. The fourth-order valence-electron chi connectivity index (χ4n) is 1.71. The Morgan fingerprint density at radius 2 is 1.71 bits per heavy atom. The van der Waals surface area contributed by atoms with E-state index in [1.807, 2.05) is 25.9 Å². The summed E-state index contributed by atoms with van der Waals surface area (Å²) < 4.78 is 0. The highest BCUT2D eigenvalue weighted by Gasteiger charge is 2.25. The first-order valence-corrected chi connectivity index (χ1v) is 6.18. The van der Waals surface area contributed by atoms with Crippen LogP contribution in [0.25, 0.3) is 0 Å². The van der Waals surface area contributed by atoms with Crippen molar-refractivity contribution in [1.29, 1.82) is 5.26 Å². The molecule has 1 rings (SSSR count). The lowest BCUT2D eigenvalue weighted by molar-refractivity contribution is 0.224. The fourth-order valence-corrected chi connectivity index (χ4v) is 1.71. The summed E-state index contributed by atoms with van der Waals surface area (Å²) in [6.45, 7) is 4.15. The first-order valence-electron chi connectivity index (χ1n) is 6.18. The van der Waals surface area contributed by atoms with Crippen molar-refractivity contribution >= 4 is 0 Å². The van der Waals surface area contributed by atoms with E-state index in [1.165, 1.54) is 11.1 Å². The van der Waals surface area contributed by atoms with Gasteiger partial charge >= 0.3 is 0 Å². The number of hydrogen-bond donors (Lipinski definition) is 0. The molecule has 0 amide bonds. The average Bonchev–Trinajstić information content (AvgIpc) is 2.36. The molecule has 0 aliphatic heterocycles. The Bertz CT molecular complexity index is 386. The number of rotatable bonds is 5. The Morgan fingerprint density at radius 3 is 2.12 bits per heavy atom. The summed E-state index contributed by atoms with van der Waals surface area (Å²) in [7, 11) is 3.92. The number of hydrogen-bond acceptors (Lipinski definition) is 2. The fraction of sp³-hybridized carbons (Fsp3) is 0.533. The van der Waals surface area contributed by atoms with Gasteiger partial charge in [0.05, 0.1) is 6.07 Å². The normalized spacial score (nSPS) is 14.4. The van der Waals surface area contributed by atoms with Crippen molar-refractivity contribution in [2.24, 2.45) is 0 Å². The van der Waals surface area contributed by atoms with Crippen molar-refractivity contribution in [2.45, 2.75) is 38.6 Å². The maximum atomic E-state index is 9.22. The zero-order chi connectivity index (χ0) is 12.9. The molecule has 0 aliphatic carbocycles. The second-order valence-corrected chi connectivity index (χ2v) is 4.95. The minimum atomic E-state index is -0.372. The number of aryl methyl sites for hydroxylation is 2. The van der Waals surface area contributed by atoms with Gasteiger partial charge in [0.15, 0.2) is 0 Å². The van der Waals surface area contributed by atoms with Crippen LogP contribution in [-0.2, 0) is 12.8 Å². The van der Waals surface area contributed by atoms with Crippen molar-refractivity contribution in [3.05, 3.63) is 35.4 Å². The van der Waals surface area contributed by atoms with Gasteiger partial charge in [-0.1, -0.05) is 31.2 Å². The molecule has 2 nitrogen and oxygen atoms in total. The van der Waals surface area contributed by atoms with Crippen LogP contribution in [0.15, 0.2) is 24.3 Å². The van der Waals surface area contributed by atoms with Crippen LogP contribution < -0.4 is 0 Å². The van der Waals surface area contributed by atoms with Crippen molar-refractivity contribution in [3.63, 3.8) is 0 Å². The number of nitriles is 1. The van der Waals surface area contributed by atoms with E-state index in [2.05, 4.69) is 37.3 Å². The number of nitrogens with zero attached hydrogens (tertiary/aromatic N) is 2. The zero-order valence-electron chi connectivity index (χ0n) is 11.3. The molecule has 0 radical (unpaired) electrons. The highest BCUT2D eigenvalue weighted by molar-refractivity contribution is 5.23. The molecule has 2 heteroatoms. The highest BCUT2D eigenvalue weighted by Crippen LogP contribution is 2.18. The molecule has 0 spiro atoms. The minimum absolute atomic E-state index is 0.372. The maximum Gasteiger partial charge on any atom is 0.106 e. The molecule has 92 valence electrons. The molecule has 0 saturated heterocycles. The van der Waals surface area contributed by atoms with Crippen molar-refractivity contribution in [2.75, 3.05) is 14.1 Å². The van der Waals surface area contributed by atoms with E-state index in [0.717, 1.165) is 19.3 Å². The summed E-state index contributed by atoms with van der Waals surface area (Å²) in [5, 5.41) is 9.22. The lowest BCUT2D eigenvalue weighted by atomic mass is 9.93. The Balaban J connectivity index is 2.64. The lowest BCUT2D eigenvalue weighted by Crippen LogP contribution is -2.40. The highest BCUT2D eigenvalue weighted by atomic mass is 15.1. The Kier molecular flexibility index (Phi) is 4.72. The van der Waals surface area contributed by atoms with Gasteiger partial charge in [0.1, 0.15) is 5.54 Å². The first kappa shape index (κ1) is 13.7. The minimum Gasteiger partial charge on any atom is -0.292 e. The van der Waals surface area contributed by atoms with E-state index in [9.17, 15) is 5.26 Å². The predicted octanol–water partition coefficient (Wildman–Crippen LogP) is 3.03. The van der Waals surface area contributed by atoms with Gasteiger partial charge in [-0.2, -0.15) is 5.26 Å². The van der Waals surface area contributed by atoms with Gasteiger partial charge in [0, 0.05) is 0 Å². The SMILES string of the molecule is CCc1ccc(CCC(C)(C#N)N(C)C)cc1. The van der Waals surface area contributed by atoms with E-state index in [-0.39, 0.29) is 5.54 Å². The summed E-state index contributed by atoms with van der Waals surface area (Å²) in [4.78, 5) is 1.99. The third kappa shape index (κ3) is 3.57. The van der Waals surface area contributed by atoms with Crippen LogP contribution in [0, 0.1) is 11.3 Å². The van der Waals surface area contributed by atoms with Crippen LogP contribution in [0.3, 0.4) is 0 Å². The molecule has 0 bridgehead atoms. The standard InChI is InChI=1S/C15H22N2/c1-5-13-6-8-14(9-7-13)10-11-15(2,12-16)17(3)4/h6-9H,5,10-11H2,1-4H3. The van der Waals surface area contributed by atoms with Gasteiger partial charge in [0.25, 0.3) is 0 Å². The second kappa shape index (κ2) is 5.84. The number of benzene rings is 1. The van der Waals surface area contributed by atoms with E-state index in [4.69, 9.17) is 0 Å². The van der Waals surface area contributed by atoms with E-state index < -0.39 is 0 Å². The van der Waals surface area contributed by atoms with Gasteiger partial charge in [0.2, 0.25) is 0 Å². The average molecular weight is 230 g/mol. The van der Waals surface area contributed by atoms with Gasteiger partial charge in [-0.25, -0.2) is 0 Å². The van der Waals surface area contributed by atoms with E-state index in [0.29, 0.717) is 0 Å². The summed E-state index contributed by atoms with van der Waals surface area (Å²) in [6, 6.07) is 11.1. The lowest BCUT2D eigenvalue weighted by Gasteiger charge is -2.29. The summed E-state index contributed by atoms with van der Waals surface area (Å²) in [6.07, 6.45) is 2.89. The quantitative estimate of drug-likeness (QED) is 0.777. The predicted molar refractivity (Wildman–Crippen MR) is 71.8 cm³/mol. The Labute approximate surface area is 105 Å². The van der Waals surface area contributed by atoms with E-state index in [1.54, 1.807) is 0 Å². The molecule has 1 atom stereocenters. The molecule has 1 unspecified atom stereocenters. The summed E-state index contributed by atoms with van der Waals surface area (Å²) in [5.74, 6) is 0. The first-order chi connectivity index (χ1) is 8.01. The monoisotopic (exact) mass is 230 g/mol. The van der Waals surface area contributed by atoms with Crippen molar-refractivity contribution in [1.82, 2.24) is 4.90 Å². The molecule has 0 heterocycles. The van der Waals surface area contributed by atoms with E-state index >= 15 is 0 Å². The molecule has 0 aliphatic rings. The van der Waals surface area contributed by atoms with Crippen LogP contribution in [0.4, 0.5) is 0 Å². The summed E-state index contributed by atoms with van der Waals surface area (Å²) >= 11 is 0.